The van der Waals surface area contributed by atoms with Crippen molar-refractivity contribution in [1.82, 2.24) is 5.32 Å². The Bertz CT molecular complexity index is 586. The van der Waals surface area contributed by atoms with Gasteiger partial charge in [0.2, 0.25) is 0 Å². The maximum Gasteiger partial charge on any atom is 0.133 e. The number of hydrogen-bond donors (Lipinski definition) is 2. The standard InChI is InChI=1S/C16H18BrNO2/c1-11(13-4-3-5-14(19)9-13)18-10-12-6-7-16(20-2)15(17)8-12/h3-9,11,18-19H,10H2,1-2H3. The minimum atomic E-state index is 0.169. The molecule has 0 amide bonds. The molecule has 0 spiro atoms. The minimum absolute atomic E-state index is 0.169. The van der Waals surface area contributed by atoms with Crippen molar-refractivity contribution in [2.24, 2.45) is 0 Å². The van der Waals surface area contributed by atoms with Gasteiger partial charge < -0.3 is 15.2 Å². The van der Waals surface area contributed by atoms with E-state index in [9.17, 15) is 5.11 Å². The Morgan fingerprint density at radius 2 is 2.05 bits per heavy atom. The van der Waals surface area contributed by atoms with Gasteiger partial charge in [0.15, 0.2) is 0 Å². The summed E-state index contributed by atoms with van der Waals surface area (Å²) in [5.74, 6) is 1.12. The number of aromatic hydroxyl groups is 1. The Hall–Kier alpha value is -1.52. The van der Waals surface area contributed by atoms with Crippen molar-refractivity contribution in [3.8, 4) is 11.5 Å². The van der Waals surface area contributed by atoms with Gasteiger partial charge in [-0.1, -0.05) is 18.2 Å². The molecular weight excluding hydrogens is 318 g/mol. The SMILES string of the molecule is COc1ccc(CNC(C)c2cccc(O)c2)cc1Br. The second-order valence-electron chi connectivity index (χ2n) is 4.67. The minimum Gasteiger partial charge on any atom is -0.508 e. The first-order valence-corrected chi connectivity index (χ1v) is 7.24. The number of rotatable bonds is 5. The number of ether oxygens (including phenoxy) is 1. The summed E-state index contributed by atoms with van der Waals surface area (Å²) in [4.78, 5) is 0. The second kappa shape index (κ2) is 6.77. The molecule has 0 saturated carbocycles. The average molecular weight is 336 g/mol. The normalized spacial score (nSPS) is 12.2. The number of phenolic OH excluding ortho intramolecular Hbond substituents is 1. The average Bonchev–Trinajstić information content (AvgIpc) is 2.45. The van der Waals surface area contributed by atoms with Crippen molar-refractivity contribution in [2.45, 2.75) is 19.5 Å². The lowest BCUT2D eigenvalue weighted by Gasteiger charge is -2.15. The van der Waals surface area contributed by atoms with Crippen LogP contribution in [-0.2, 0) is 6.54 Å². The van der Waals surface area contributed by atoms with Crippen molar-refractivity contribution in [3.05, 3.63) is 58.1 Å². The summed E-state index contributed by atoms with van der Waals surface area (Å²) in [7, 11) is 1.65. The van der Waals surface area contributed by atoms with Gasteiger partial charge in [0.05, 0.1) is 11.6 Å². The third-order valence-corrected chi connectivity index (χ3v) is 3.82. The fraction of sp³-hybridized carbons (Fsp3) is 0.250. The van der Waals surface area contributed by atoms with Crippen LogP contribution in [0.3, 0.4) is 0 Å². The van der Waals surface area contributed by atoms with E-state index in [1.54, 1.807) is 19.2 Å². The quantitative estimate of drug-likeness (QED) is 0.867. The molecule has 0 aliphatic heterocycles. The van der Waals surface area contributed by atoms with Crippen LogP contribution in [0.15, 0.2) is 46.9 Å². The number of benzene rings is 2. The molecule has 0 aliphatic carbocycles. The molecule has 4 heteroatoms. The van der Waals surface area contributed by atoms with Crippen molar-refractivity contribution in [1.29, 1.82) is 0 Å². The lowest BCUT2D eigenvalue weighted by atomic mass is 10.1. The molecule has 1 unspecified atom stereocenters. The Labute approximate surface area is 127 Å². The van der Waals surface area contributed by atoms with E-state index in [1.807, 2.05) is 30.3 Å². The third kappa shape index (κ3) is 3.74. The number of nitrogens with one attached hydrogen (secondary N) is 1. The molecule has 2 N–H and O–H groups in total. The zero-order chi connectivity index (χ0) is 14.5. The molecule has 0 aromatic heterocycles. The van der Waals surface area contributed by atoms with E-state index in [0.29, 0.717) is 5.75 Å². The molecule has 2 rings (SSSR count). The molecule has 20 heavy (non-hydrogen) atoms. The van der Waals surface area contributed by atoms with Gasteiger partial charge in [-0.05, 0) is 58.2 Å². The van der Waals surface area contributed by atoms with Crippen LogP contribution in [0.2, 0.25) is 0 Å². The maximum absolute atomic E-state index is 9.49. The summed E-state index contributed by atoms with van der Waals surface area (Å²) in [6.45, 7) is 2.83. The Balaban J connectivity index is 1.99. The van der Waals surface area contributed by atoms with Gasteiger partial charge in [0, 0.05) is 12.6 Å². The Morgan fingerprint density at radius 1 is 1.25 bits per heavy atom. The van der Waals surface area contributed by atoms with Gasteiger partial charge >= 0.3 is 0 Å². The van der Waals surface area contributed by atoms with Crippen molar-refractivity contribution in [3.63, 3.8) is 0 Å². The largest absolute Gasteiger partial charge is 0.508 e. The highest BCUT2D eigenvalue weighted by molar-refractivity contribution is 9.10. The summed E-state index contributed by atoms with van der Waals surface area (Å²) in [5, 5.41) is 12.9. The zero-order valence-electron chi connectivity index (χ0n) is 11.6. The van der Waals surface area contributed by atoms with E-state index in [-0.39, 0.29) is 6.04 Å². The van der Waals surface area contributed by atoms with E-state index < -0.39 is 0 Å². The first-order valence-electron chi connectivity index (χ1n) is 6.45. The Morgan fingerprint density at radius 3 is 2.70 bits per heavy atom. The zero-order valence-corrected chi connectivity index (χ0v) is 13.1. The highest BCUT2D eigenvalue weighted by Gasteiger charge is 2.06. The fourth-order valence-electron chi connectivity index (χ4n) is 2.00. The van der Waals surface area contributed by atoms with E-state index in [0.717, 1.165) is 22.3 Å². The number of phenols is 1. The highest BCUT2D eigenvalue weighted by atomic mass is 79.9. The van der Waals surface area contributed by atoms with Crippen molar-refractivity contribution < 1.29 is 9.84 Å². The van der Waals surface area contributed by atoms with Crippen LogP contribution in [0, 0.1) is 0 Å². The van der Waals surface area contributed by atoms with E-state index in [1.165, 1.54) is 5.56 Å². The monoisotopic (exact) mass is 335 g/mol. The lowest BCUT2D eigenvalue weighted by molar-refractivity contribution is 0.412. The van der Waals surface area contributed by atoms with Crippen LogP contribution in [0.5, 0.6) is 11.5 Å². The van der Waals surface area contributed by atoms with Crippen LogP contribution in [0.1, 0.15) is 24.1 Å². The molecule has 2 aromatic carbocycles. The molecule has 0 fully saturated rings. The summed E-state index contributed by atoms with van der Waals surface area (Å²) < 4.78 is 6.16. The van der Waals surface area contributed by atoms with Gasteiger partial charge in [-0.2, -0.15) is 0 Å². The number of methoxy groups -OCH3 is 1. The first kappa shape index (κ1) is 14.9. The molecular formula is C16H18BrNO2. The van der Waals surface area contributed by atoms with Gasteiger partial charge in [-0.25, -0.2) is 0 Å². The molecule has 0 heterocycles. The summed E-state index contributed by atoms with van der Waals surface area (Å²) in [6.07, 6.45) is 0. The summed E-state index contributed by atoms with van der Waals surface area (Å²) >= 11 is 3.48. The first-order chi connectivity index (χ1) is 9.60. The van der Waals surface area contributed by atoms with Crippen LogP contribution in [0.4, 0.5) is 0 Å². The highest BCUT2D eigenvalue weighted by Crippen LogP contribution is 2.26. The molecule has 2 aromatic rings. The second-order valence-corrected chi connectivity index (χ2v) is 5.52. The molecule has 1 atom stereocenters. The fourth-order valence-corrected chi connectivity index (χ4v) is 2.59. The third-order valence-electron chi connectivity index (χ3n) is 3.20. The van der Waals surface area contributed by atoms with Crippen molar-refractivity contribution in [2.75, 3.05) is 7.11 Å². The van der Waals surface area contributed by atoms with Crippen LogP contribution in [-0.4, -0.2) is 12.2 Å². The van der Waals surface area contributed by atoms with Crippen LogP contribution in [0.25, 0.3) is 0 Å². The number of hydrogen-bond acceptors (Lipinski definition) is 3. The van der Waals surface area contributed by atoms with E-state index in [2.05, 4.69) is 28.2 Å². The predicted molar refractivity (Wildman–Crippen MR) is 84.1 cm³/mol. The van der Waals surface area contributed by atoms with E-state index >= 15 is 0 Å². The predicted octanol–water partition coefficient (Wildman–Crippen LogP) is 4.01. The topological polar surface area (TPSA) is 41.5 Å². The molecule has 0 bridgehead atoms. The van der Waals surface area contributed by atoms with Gasteiger partial charge in [-0.15, -0.1) is 0 Å². The van der Waals surface area contributed by atoms with Gasteiger partial charge in [0.25, 0.3) is 0 Å². The summed E-state index contributed by atoms with van der Waals surface area (Å²) in [5.41, 5.74) is 2.24. The molecule has 3 nitrogen and oxygen atoms in total. The van der Waals surface area contributed by atoms with Crippen molar-refractivity contribution >= 4 is 15.9 Å². The van der Waals surface area contributed by atoms with Crippen LogP contribution < -0.4 is 10.1 Å². The molecule has 0 radical (unpaired) electrons. The smallest absolute Gasteiger partial charge is 0.133 e. The van der Waals surface area contributed by atoms with Crippen LogP contribution >= 0.6 is 15.9 Å². The lowest BCUT2D eigenvalue weighted by Crippen LogP contribution is -2.18. The maximum atomic E-state index is 9.49. The molecule has 0 aliphatic rings. The Kier molecular flexibility index (Phi) is 5.04. The molecule has 0 saturated heterocycles. The summed E-state index contributed by atoms with van der Waals surface area (Å²) in [6, 6.07) is 13.5. The van der Waals surface area contributed by atoms with Gasteiger partial charge in [0.1, 0.15) is 11.5 Å². The van der Waals surface area contributed by atoms with E-state index in [4.69, 9.17) is 4.74 Å². The number of halogens is 1. The van der Waals surface area contributed by atoms with Gasteiger partial charge in [-0.3, -0.25) is 0 Å². The molecule has 106 valence electrons.